The van der Waals surface area contributed by atoms with Crippen LogP contribution in [-0.2, 0) is 6.42 Å². The van der Waals surface area contributed by atoms with E-state index in [1.807, 2.05) is 12.1 Å². The van der Waals surface area contributed by atoms with Gasteiger partial charge in [-0.1, -0.05) is 34.1 Å². The molecule has 0 aromatic heterocycles. The number of fused-ring (bicyclic) bond motifs is 1. The largest absolute Gasteiger partial charge is 0.493 e. The van der Waals surface area contributed by atoms with Gasteiger partial charge in [-0.25, -0.2) is 0 Å². The monoisotopic (exact) mass is 350 g/mol. The Bertz CT molecular complexity index is 639. The third-order valence-electron chi connectivity index (χ3n) is 3.74. The maximum absolute atomic E-state index is 6.69. The molecule has 0 saturated heterocycles. The van der Waals surface area contributed by atoms with Crippen molar-refractivity contribution >= 4 is 27.5 Å². The molecule has 2 aromatic carbocycles. The van der Waals surface area contributed by atoms with Crippen molar-refractivity contribution in [3.05, 3.63) is 63.1 Å². The summed E-state index contributed by atoms with van der Waals surface area (Å²) >= 11 is 10.2. The van der Waals surface area contributed by atoms with Crippen LogP contribution in [0.25, 0.3) is 0 Å². The molecule has 0 spiro atoms. The Labute approximate surface area is 133 Å². The third kappa shape index (κ3) is 2.72. The highest BCUT2D eigenvalue weighted by molar-refractivity contribution is 9.10. The minimum Gasteiger partial charge on any atom is -0.493 e. The van der Waals surface area contributed by atoms with Crippen LogP contribution in [0, 0.1) is 6.92 Å². The van der Waals surface area contributed by atoms with Crippen LogP contribution < -0.4 is 4.74 Å². The highest BCUT2D eigenvalue weighted by atomic mass is 79.9. The molecule has 2 aromatic rings. The van der Waals surface area contributed by atoms with E-state index in [4.69, 9.17) is 16.3 Å². The number of aryl methyl sites for hydroxylation is 2. The molecule has 1 unspecified atom stereocenters. The van der Waals surface area contributed by atoms with E-state index < -0.39 is 0 Å². The number of hydrogen-bond donors (Lipinski definition) is 0. The summed E-state index contributed by atoms with van der Waals surface area (Å²) in [5.74, 6) is 1.01. The zero-order chi connectivity index (χ0) is 14.1. The lowest BCUT2D eigenvalue weighted by Gasteiger charge is -2.20. The molecular formula is C17H16BrClO. The fourth-order valence-electron chi connectivity index (χ4n) is 2.60. The van der Waals surface area contributed by atoms with Gasteiger partial charge in [0.2, 0.25) is 0 Å². The molecule has 1 nitrogen and oxygen atoms in total. The summed E-state index contributed by atoms with van der Waals surface area (Å²) in [7, 11) is 0. The first kappa shape index (κ1) is 14.0. The van der Waals surface area contributed by atoms with E-state index in [0.29, 0.717) is 0 Å². The standard InChI is InChI=1S/C17H16BrClO/c1-11-4-6-14(18)10-15(11)17(19)13-5-7-16-12(9-13)3-2-8-20-16/h4-7,9-10,17H,2-3,8H2,1H3. The second-order valence-corrected chi connectivity index (χ2v) is 6.53. The fourth-order valence-corrected chi connectivity index (χ4v) is 3.35. The van der Waals surface area contributed by atoms with Gasteiger partial charge in [-0.15, -0.1) is 11.6 Å². The van der Waals surface area contributed by atoms with E-state index in [0.717, 1.165) is 40.8 Å². The van der Waals surface area contributed by atoms with Gasteiger partial charge in [-0.2, -0.15) is 0 Å². The number of benzene rings is 2. The molecular weight excluding hydrogens is 336 g/mol. The van der Waals surface area contributed by atoms with Gasteiger partial charge in [0.05, 0.1) is 12.0 Å². The molecule has 3 rings (SSSR count). The van der Waals surface area contributed by atoms with Crippen molar-refractivity contribution in [2.24, 2.45) is 0 Å². The van der Waals surface area contributed by atoms with E-state index in [2.05, 4.69) is 47.1 Å². The Morgan fingerprint density at radius 3 is 2.90 bits per heavy atom. The zero-order valence-electron chi connectivity index (χ0n) is 11.3. The Hall–Kier alpha value is -0.990. The predicted molar refractivity (Wildman–Crippen MR) is 86.8 cm³/mol. The van der Waals surface area contributed by atoms with Crippen LogP contribution in [0.4, 0.5) is 0 Å². The van der Waals surface area contributed by atoms with Gasteiger partial charge in [0.15, 0.2) is 0 Å². The van der Waals surface area contributed by atoms with Crippen molar-refractivity contribution < 1.29 is 4.74 Å². The fraction of sp³-hybridized carbons (Fsp3) is 0.294. The van der Waals surface area contributed by atoms with Crippen molar-refractivity contribution in [2.45, 2.75) is 25.1 Å². The molecule has 0 aliphatic carbocycles. The first-order chi connectivity index (χ1) is 9.65. The molecule has 0 bridgehead atoms. The van der Waals surface area contributed by atoms with Gasteiger partial charge in [-0.05, 0) is 60.2 Å². The molecule has 0 radical (unpaired) electrons. The number of rotatable bonds is 2. The molecule has 20 heavy (non-hydrogen) atoms. The van der Waals surface area contributed by atoms with Gasteiger partial charge in [0, 0.05) is 4.47 Å². The van der Waals surface area contributed by atoms with Gasteiger partial charge < -0.3 is 4.74 Å². The molecule has 1 aliphatic heterocycles. The molecule has 1 heterocycles. The molecule has 104 valence electrons. The van der Waals surface area contributed by atoms with E-state index >= 15 is 0 Å². The summed E-state index contributed by atoms with van der Waals surface area (Å²) in [4.78, 5) is 0. The quantitative estimate of drug-likeness (QED) is 0.657. The van der Waals surface area contributed by atoms with Crippen LogP contribution in [0.5, 0.6) is 5.75 Å². The summed E-state index contributed by atoms with van der Waals surface area (Å²) < 4.78 is 6.72. The van der Waals surface area contributed by atoms with E-state index in [9.17, 15) is 0 Å². The van der Waals surface area contributed by atoms with Crippen LogP contribution >= 0.6 is 27.5 Å². The van der Waals surface area contributed by atoms with Crippen molar-refractivity contribution in [3.63, 3.8) is 0 Å². The summed E-state index contributed by atoms with van der Waals surface area (Å²) in [6.45, 7) is 2.92. The van der Waals surface area contributed by atoms with Crippen molar-refractivity contribution in [2.75, 3.05) is 6.61 Å². The molecule has 3 heteroatoms. The topological polar surface area (TPSA) is 9.23 Å². The highest BCUT2D eigenvalue weighted by Crippen LogP contribution is 2.35. The lowest BCUT2D eigenvalue weighted by molar-refractivity contribution is 0.288. The Morgan fingerprint density at radius 1 is 1.20 bits per heavy atom. The summed E-state index contributed by atoms with van der Waals surface area (Å²) in [6, 6.07) is 12.5. The van der Waals surface area contributed by atoms with Crippen LogP contribution in [0.3, 0.4) is 0 Å². The molecule has 1 atom stereocenters. The summed E-state index contributed by atoms with van der Waals surface area (Å²) in [6.07, 6.45) is 2.16. The number of alkyl halides is 1. The minimum absolute atomic E-state index is 0.125. The molecule has 0 amide bonds. The molecule has 0 N–H and O–H groups in total. The lowest BCUT2D eigenvalue weighted by Crippen LogP contribution is -2.09. The van der Waals surface area contributed by atoms with Gasteiger partial charge in [-0.3, -0.25) is 0 Å². The van der Waals surface area contributed by atoms with Crippen LogP contribution in [0.1, 0.15) is 34.1 Å². The maximum atomic E-state index is 6.69. The number of halogens is 2. The first-order valence-electron chi connectivity index (χ1n) is 6.81. The first-order valence-corrected chi connectivity index (χ1v) is 8.04. The number of hydrogen-bond acceptors (Lipinski definition) is 1. The lowest BCUT2D eigenvalue weighted by atomic mass is 9.96. The third-order valence-corrected chi connectivity index (χ3v) is 4.72. The van der Waals surface area contributed by atoms with Crippen molar-refractivity contribution in [3.8, 4) is 5.75 Å². The summed E-state index contributed by atoms with van der Waals surface area (Å²) in [5, 5.41) is -0.125. The van der Waals surface area contributed by atoms with Gasteiger partial charge in [0.1, 0.15) is 5.75 Å². The second kappa shape index (κ2) is 5.79. The van der Waals surface area contributed by atoms with E-state index in [1.54, 1.807) is 0 Å². The molecule has 1 aliphatic rings. The van der Waals surface area contributed by atoms with Crippen molar-refractivity contribution in [1.82, 2.24) is 0 Å². The van der Waals surface area contributed by atoms with Gasteiger partial charge >= 0.3 is 0 Å². The average Bonchev–Trinajstić information content (AvgIpc) is 2.48. The average molecular weight is 352 g/mol. The Morgan fingerprint density at radius 2 is 2.05 bits per heavy atom. The SMILES string of the molecule is Cc1ccc(Br)cc1C(Cl)c1ccc2c(c1)CCCO2. The number of ether oxygens (including phenoxy) is 1. The second-order valence-electron chi connectivity index (χ2n) is 5.18. The predicted octanol–water partition coefficient (Wildman–Crippen LogP) is 5.41. The minimum atomic E-state index is -0.125. The van der Waals surface area contributed by atoms with Gasteiger partial charge in [0.25, 0.3) is 0 Å². The maximum Gasteiger partial charge on any atom is 0.122 e. The molecule has 0 saturated carbocycles. The normalized spacial score (nSPS) is 15.3. The smallest absolute Gasteiger partial charge is 0.122 e. The Balaban J connectivity index is 1.97. The summed E-state index contributed by atoms with van der Waals surface area (Å²) in [5.41, 5.74) is 4.77. The van der Waals surface area contributed by atoms with E-state index in [1.165, 1.54) is 11.1 Å². The van der Waals surface area contributed by atoms with Crippen LogP contribution in [-0.4, -0.2) is 6.61 Å². The zero-order valence-corrected chi connectivity index (χ0v) is 13.7. The van der Waals surface area contributed by atoms with E-state index in [-0.39, 0.29) is 5.38 Å². The van der Waals surface area contributed by atoms with Crippen LogP contribution in [0.2, 0.25) is 0 Å². The van der Waals surface area contributed by atoms with Crippen molar-refractivity contribution in [1.29, 1.82) is 0 Å². The highest BCUT2D eigenvalue weighted by Gasteiger charge is 2.17. The molecule has 0 fully saturated rings. The Kier molecular flexibility index (Phi) is 4.04. The van der Waals surface area contributed by atoms with Crippen LogP contribution in [0.15, 0.2) is 40.9 Å².